The molecule has 2 heterocycles. The zero-order valence-corrected chi connectivity index (χ0v) is 19.4. The number of halogens is 6. The van der Waals surface area contributed by atoms with Gasteiger partial charge in [0.2, 0.25) is 0 Å². The molecule has 4 rings (SSSR count). The molecule has 1 unspecified atom stereocenters. The van der Waals surface area contributed by atoms with Crippen LogP contribution in [0.1, 0.15) is 35.1 Å². The number of nitrogens with zero attached hydrogens (tertiary/aromatic N) is 2. The number of alkyl halides is 6. The number of fused-ring (bicyclic) bond motifs is 1. The summed E-state index contributed by atoms with van der Waals surface area (Å²) in [5.41, 5.74) is -3.55. The van der Waals surface area contributed by atoms with Crippen LogP contribution in [0.5, 0.6) is 5.75 Å². The molecule has 0 spiro atoms. The predicted octanol–water partition coefficient (Wildman–Crippen LogP) is 3.75. The molecule has 0 aliphatic carbocycles. The molecular weight excluding hydrogens is 490 g/mol. The van der Waals surface area contributed by atoms with Gasteiger partial charge < -0.3 is 4.74 Å². The zero-order chi connectivity index (χ0) is 26.3. The third kappa shape index (κ3) is 4.53. The van der Waals surface area contributed by atoms with Gasteiger partial charge in [0.05, 0.1) is 18.2 Å². The van der Waals surface area contributed by atoms with Crippen LogP contribution in [0.2, 0.25) is 0 Å². The van der Waals surface area contributed by atoms with Crippen LogP contribution in [0.3, 0.4) is 0 Å². The van der Waals surface area contributed by atoms with Crippen molar-refractivity contribution < 1.29 is 35.9 Å². The topological polar surface area (TPSA) is 70.8 Å². The van der Waals surface area contributed by atoms with Crippen molar-refractivity contribution in [1.82, 2.24) is 15.2 Å². The van der Waals surface area contributed by atoms with Gasteiger partial charge in [0.15, 0.2) is 5.54 Å². The number of hydrogen-bond donors (Lipinski definition) is 2. The molecule has 3 N–H and O–H groups in total. The van der Waals surface area contributed by atoms with Gasteiger partial charge in [-0.15, -0.1) is 0 Å². The zero-order valence-electron chi connectivity index (χ0n) is 19.4. The molecule has 196 valence electrons. The van der Waals surface area contributed by atoms with E-state index in [1.54, 1.807) is 17.0 Å². The second-order valence-electron chi connectivity index (χ2n) is 8.96. The molecule has 36 heavy (non-hydrogen) atoms. The van der Waals surface area contributed by atoms with Gasteiger partial charge in [0.1, 0.15) is 5.75 Å². The highest BCUT2D eigenvalue weighted by atomic mass is 19.4. The number of carbonyl (C=O) groups excluding carboxylic acids is 1. The van der Waals surface area contributed by atoms with E-state index in [0.29, 0.717) is 18.7 Å². The third-order valence-electron chi connectivity index (χ3n) is 7.02. The first-order valence-corrected chi connectivity index (χ1v) is 11.4. The molecule has 12 heteroatoms. The van der Waals surface area contributed by atoms with Crippen molar-refractivity contribution in [3.05, 3.63) is 64.7 Å². The molecule has 2 aromatic carbocycles. The Balaban J connectivity index is 2.07. The maximum Gasteiger partial charge on any atom is 0.416 e. The molecular formula is C24H26F6N4O2. The lowest BCUT2D eigenvalue weighted by Crippen LogP contribution is -2.64. The van der Waals surface area contributed by atoms with Crippen molar-refractivity contribution in [2.45, 2.75) is 36.8 Å². The number of carbonyl (C=O) groups is 1. The summed E-state index contributed by atoms with van der Waals surface area (Å²) in [6.45, 7) is 1.78. The van der Waals surface area contributed by atoms with E-state index in [9.17, 15) is 31.1 Å². The van der Waals surface area contributed by atoms with E-state index >= 15 is 0 Å². The first-order chi connectivity index (χ1) is 16.9. The van der Waals surface area contributed by atoms with Crippen LogP contribution in [-0.2, 0) is 22.7 Å². The normalized spacial score (nSPS) is 21.1. The molecule has 2 aromatic rings. The standard InChI is InChI=1S/C24H26F6N4O2/c1-36-20-7-3-2-6-19(20)22(21(35)32-31,34-10-9-33-8-4-5-18(33)14-34)15-11-16(23(25,26)27)13-17(12-15)24(28,29)30/h2-3,6-7,11-13,18H,4-5,8-10,14,31H2,1H3,(H,32,35)/t18-,22?/m1/s1. The molecule has 2 atom stereocenters. The fraction of sp³-hybridized carbons (Fsp3) is 0.458. The predicted molar refractivity (Wildman–Crippen MR) is 119 cm³/mol. The highest BCUT2D eigenvalue weighted by Crippen LogP contribution is 2.46. The van der Waals surface area contributed by atoms with E-state index in [1.165, 1.54) is 19.2 Å². The number of piperazine rings is 1. The molecule has 2 aliphatic rings. The third-order valence-corrected chi connectivity index (χ3v) is 7.02. The lowest BCUT2D eigenvalue weighted by molar-refractivity contribution is -0.144. The van der Waals surface area contributed by atoms with Crippen LogP contribution in [0.15, 0.2) is 42.5 Å². The summed E-state index contributed by atoms with van der Waals surface area (Å²) in [5, 5.41) is 0. The van der Waals surface area contributed by atoms with E-state index in [-0.39, 0.29) is 36.5 Å². The molecule has 2 aliphatic heterocycles. The van der Waals surface area contributed by atoms with E-state index in [2.05, 4.69) is 4.90 Å². The Morgan fingerprint density at radius 2 is 1.58 bits per heavy atom. The largest absolute Gasteiger partial charge is 0.496 e. The highest BCUT2D eigenvalue weighted by Gasteiger charge is 2.53. The maximum atomic E-state index is 13.8. The van der Waals surface area contributed by atoms with E-state index in [0.717, 1.165) is 19.4 Å². The molecule has 6 nitrogen and oxygen atoms in total. The molecule has 2 saturated heterocycles. The van der Waals surface area contributed by atoms with Crippen molar-refractivity contribution in [1.29, 1.82) is 0 Å². The second-order valence-corrected chi connectivity index (χ2v) is 8.96. The minimum atomic E-state index is -5.09. The van der Waals surface area contributed by atoms with Crippen molar-refractivity contribution in [2.24, 2.45) is 5.84 Å². The van der Waals surface area contributed by atoms with Gasteiger partial charge in [-0.1, -0.05) is 18.2 Å². The van der Waals surface area contributed by atoms with Crippen LogP contribution in [0, 0.1) is 0 Å². The fourth-order valence-corrected chi connectivity index (χ4v) is 5.41. The molecule has 2 fully saturated rings. The van der Waals surface area contributed by atoms with E-state index < -0.39 is 40.5 Å². The summed E-state index contributed by atoms with van der Waals surface area (Å²) in [5.74, 6) is 4.72. The van der Waals surface area contributed by atoms with E-state index in [1.807, 2.05) is 5.43 Å². The van der Waals surface area contributed by atoms with Crippen molar-refractivity contribution in [2.75, 3.05) is 33.3 Å². The van der Waals surface area contributed by atoms with Gasteiger partial charge in [0.25, 0.3) is 5.91 Å². The number of amides is 1. The summed E-state index contributed by atoms with van der Waals surface area (Å²) in [6.07, 6.45) is -8.48. The highest BCUT2D eigenvalue weighted by molar-refractivity contribution is 5.92. The SMILES string of the molecule is COc1ccccc1C(C(=O)NN)(c1cc(C(F)(F)F)cc(C(F)(F)F)c1)N1CCN2CCC[C@@H]2C1. The molecule has 0 saturated carbocycles. The summed E-state index contributed by atoms with van der Waals surface area (Å²) < 4.78 is 88.5. The van der Waals surface area contributed by atoms with Gasteiger partial charge in [-0.2, -0.15) is 26.3 Å². The van der Waals surface area contributed by atoms with Gasteiger partial charge in [0, 0.05) is 31.2 Å². The molecule has 0 aromatic heterocycles. The summed E-state index contributed by atoms with van der Waals surface area (Å²) in [7, 11) is 1.31. The average Bonchev–Trinajstić information content (AvgIpc) is 3.31. The number of nitrogens with two attached hydrogens (primary N) is 1. The number of para-hydroxylation sites is 1. The van der Waals surface area contributed by atoms with Crippen LogP contribution < -0.4 is 16.0 Å². The van der Waals surface area contributed by atoms with Crippen molar-refractivity contribution in [3.63, 3.8) is 0 Å². The molecule has 0 radical (unpaired) electrons. The first-order valence-electron chi connectivity index (χ1n) is 11.4. The Labute approximate surface area is 204 Å². The lowest BCUT2D eigenvalue weighted by atomic mass is 9.77. The number of methoxy groups -OCH3 is 1. The minimum Gasteiger partial charge on any atom is -0.496 e. The van der Waals surface area contributed by atoms with Crippen LogP contribution >= 0.6 is 0 Å². The number of nitrogens with one attached hydrogen (secondary N) is 1. The monoisotopic (exact) mass is 516 g/mol. The molecule has 0 bridgehead atoms. The smallest absolute Gasteiger partial charge is 0.416 e. The molecule has 1 amide bonds. The average molecular weight is 516 g/mol. The summed E-state index contributed by atoms with van der Waals surface area (Å²) in [4.78, 5) is 17.5. The van der Waals surface area contributed by atoms with Gasteiger partial charge in [-0.3, -0.25) is 20.0 Å². The Hall–Kier alpha value is -2.83. The number of hydrazine groups is 1. The Morgan fingerprint density at radius 1 is 0.972 bits per heavy atom. The number of benzene rings is 2. The second kappa shape index (κ2) is 9.56. The number of hydrogen-bond acceptors (Lipinski definition) is 5. The Kier molecular flexibility index (Phi) is 6.97. The number of rotatable bonds is 5. The van der Waals surface area contributed by atoms with Crippen LogP contribution in [-0.4, -0.2) is 55.0 Å². The number of ether oxygens (including phenoxy) is 1. The van der Waals surface area contributed by atoms with E-state index in [4.69, 9.17) is 10.6 Å². The maximum absolute atomic E-state index is 13.8. The van der Waals surface area contributed by atoms with Gasteiger partial charge in [-0.25, -0.2) is 5.84 Å². The summed E-state index contributed by atoms with van der Waals surface area (Å²) >= 11 is 0. The van der Waals surface area contributed by atoms with Crippen LogP contribution in [0.4, 0.5) is 26.3 Å². The van der Waals surface area contributed by atoms with Gasteiger partial charge >= 0.3 is 12.4 Å². The Bertz CT molecular complexity index is 1090. The first kappa shape index (κ1) is 26.2. The fourth-order valence-electron chi connectivity index (χ4n) is 5.41. The van der Waals surface area contributed by atoms with Crippen molar-refractivity contribution in [3.8, 4) is 5.75 Å². The quantitative estimate of drug-likeness (QED) is 0.274. The van der Waals surface area contributed by atoms with Crippen molar-refractivity contribution >= 4 is 5.91 Å². The lowest BCUT2D eigenvalue weighted by Gasteiger charge is -2.49. The summed E-state index contributed by atoms with van der Waals surface area (Å²) in [6, 6.07) is 7.32. The Morgan fingerprint density at radius 3 is 2.17 bits per heavy atom. The minimum absolute atomic E-state index is 0.00806. The van der Waals surface area contributed by atoms with Crippen LogP contribution in [0.25, 0.3) is 0 Å². The van der Waals surface area contributed by atoms with Gasteiger partial charge in [-0.05, 0) is 49.2 Å².